The van der Waals surface area contributed by atoms with Crippen LogP contribution in [-0.4, -0.2) is 18.4 Å². The van der Waals surface area contributed by atoms with Gasteiger partial charge in [0.15, 0.2) is 5.96 Å². The van der Waals surface area contributed by atoms with E-state index in [1.165, 1.54) is 19.3 Å². The summed E-state index contributed by atoms with van der Waals surface area (Å²) in [5, 5.41) is 6.06. The Labute approximate surface area is 169 Å². The molecule has 5 nitrogen and oxygen atoms in total. The molecule has 1 aromatic rings. The number of guanidine groups is 1. The largest absolute Gasteiger partial charge is 0.370 e. The molecule has 0 heterocycles. The smallest absolute Gasteiger partial charge is 0.224 e. The molecule has 0 bridgehead atoms. The maximum absolute atomic E-state index is 11.8. The molecule has 4 N–H and O–H groups in total. The molecule has 0 aliphatic carbocycles. The van der Waals surface area contributed by atoms with Gasteiger partial charge < -0.3 is 16.4 Å². The first kappa shape index (κ1) is 23.7. The summed E-state index contributed by atoms with van der Waals surface area (Å²) in [4.78, 5) is 16.2. The van der Waals surface area contributed by atoms with Crippen molar-refractivity contribution in [3.8, 4) is 0 Å². The quantitative estimate of drug-likeness (QED) is 0.211. The maximum atomic E-state index is 11.8. The van der Waals surface area contributed by atoms with Gasteiger partial charge in [0, 0.05) is 18.7 Å². The van der Waals surface area contributed by atoms with E-state index in [4.69, 9.17) is 5.73 Å². The molecular formula is C19H33IN4O. The molecule has 0 aliphatic heterocycles. The predicted octanol–water partition coefficient (Wildman–Crippen LogP) is 4.27. The maximum Gasteiger partial charge on any atom is 0.224 e. The van der Waals surface area contributed by atoms with Crippen LogP contribution < -0.4 is 16.4 Å². The van der Waals surface area contributed by atoms with Crippen molar-refractivity contribution < 1.29 is 4.79 Å². The lowest BCUT2D eigenvalue weighted by molar-refractivity contribution is -0.116. The second-order valence-corrected chi connectivity index (χ2v) is 6.54. The highest BCUT2D eigenvalue weighted by molar-refractivity contribution is 14.0. The molecule has 142 valence electrons. The number of aliphatic imine (C=N–C) groups is 1. The van der Waals surface area contributed by atoms with E-state index in [0.29, 0.717) is 24.8 Å². The predicted molar refractivity (Wildman–Crippen MR) is 117 cm³/mol. The molecule has 0 fully saturated rings. The molecule has 0 saturated heterocycles. The summed E-state index contributed by atoms with van der Waals surface area (Å²) in [5.41, 5.74) is 7.71. The molecule has 1 amide bonds. The highest BCUT2D eigenvalue weighted by atomic mass is 127. The molecule has 6 heteroatoms. The molecule has 0 unspecified atom stereocenters. The zero-order chi connectivity index (χ0) is 17.8. The summed E-state index contributed by atoms with van der Waals surface area (Å²) in [6.45, 7) is 7.62. The molecule has 0 atom stereocenters. The Balaban J connectivity index is 0.00000576. The minimum atomic E-state index is 0. The minimum absolute atomic E-state index is 0. The number of halogens is 1. The second-order valence-electron chi connectivity index (χ2n) is 6.54. The number of rotatable bonds is 10. The highest BCUT2D eigenvalue weighted by Crippen LogP contribution is 2.13. The first-order valence-corrected chi connectivity index (χ1v) is 8.93. The number of hydrogen-bond acceptors (Lipinski definition) is 2. The van der Waals surface area contributed by atoms with E-state index in [1.54, 1.807) is 0 Å². The zero-order valence-electron chi connectivity index (χ0n) is 15.7. The Kier molecular flexibility index (Phi) is 13.2. The van der Waals surface area contributed by atoms with E-state index < -0.39 is 0 Å². The number of hydrogen-bond donors (Lipinski definition) is 3. The van der Waals surface area contributed by atoms with Gasteiger partial charge in [-0.3, -0.25) is 4.79 Å². The van der Waals surface area contributed by atoms with Gasteiger partial charge in [0.2, 0.25) is 5.91 Å². The highest BCUT2D eigenvalue weighted by Gasteiger charge is 2.05. The number of carbonyl (C=O) groups is 1. The Morgan fingerprint density at radius 1 is 1.24 bits per heavy atom. The van der Waals surface area contributed by atoms with Crippen LogP contribution in [0, 0.1) is 5.92 Å². The van der Waals surface area contributed by atoms with E-state index >= 15 is 0 Å². The fraction of sp³-hybridized carbons (Fsp3) is 0.579. The average Bonchev–Trinajstić information content (AvgIpc) is 2.52. The van der Waals surface area contributed by atoms with Crippen LogP contribution in [0.3, 0.4) is 0 Å². The van der Waals surface area contributed by atoms with Gasteiger partial charge in [-0.1, -0.05) is 52.2 Å². The SMILES string of the molecule is CCCCCCNC(N)=NCc1cccc(NC(=O)CC(C)C)c1.I. The first-order chi connectivity index (χ1) is 11.5. The van der Waals surface area contributed by atoms with Crippen LogP contribution in [0.2, 0.25) is 0 Å². The lowest BCUT2D eigenvalue weighted by Gasteiger charge is -2.09. The van der Waals surface area contributed by atoms with Gasteiger partial charge >= 0.3 is 0 Å². The number of anilines is 1. The third-order valence-electron chi connectivity index (χ3n) is 3.57. The van der Waals surface area contributed by atoms with Crippen molar-refractivity contribution in [1.82, 2.24) is 5.32 Å². The number of unbranched alkanes of at least 4 members (excludes halogenated alkanes) is 3. The van der Waals surface area contributed by atoms with E-state index in [1.807, 2.05) is 38.1 Å². The first-order valence-electron chi connectivity index (χ1n) is 8.93. The van der Waals surface area contributed by atoms with Crippen LogP contribution in [0.25, 0.3) is 0 Å². The zero-order valence-corrected chi connectivity index (χ0v) is 18.0. The van der Waals surface area contributed by atoms with Crippen molar-refractivity contribution >= 4 is 41.5 Å². The normalized spacial score (nSPS) is 11.1. The van der Waals surface area contributed by atoms with Gasteiger partial charge in [0.1, 0.15) is 0 Å². The molecule has 0 spiro atoms. The van der Waals surface area contributed by atoms with Crippen molar-refractivity contribution in [1.29, 1.82) is 0 Å². The van der Waals surface area contributed by atoms with E-state index in [9.17, 15) is 4.79 Å². The molecule has 0 aliphatic rings. The van der Waals surface area contributed by atoms with E-state index in [2.05, 4.69) is 22.5 Å². The van der Waals surface area contributed by atoms with Crippen LogP contribution in [0.15, 0.2) is 29.3 Å². The average molecular weight is 460 g/mol. The minimum Gasteiger partial charge on any atom is -0.370 e. The van der Waals surface area contributed by atoms with Gasteiger partial charge in [-0.25, -0.2) is 4.99 Å². The number of carbonyl (C=O) groups excluding carboxylic acids is 1. The van der Waals surface area contributed by atoms with Crippen LogP contribution in [0.1, 0.15) is 58.4 Å². The summed E-state index contributed by atoms with van der Waals surface area (Å²) in [6, 6.07) is 7.73. The lowest BCUT2D eigenvalue weighted by Crippen LogP contribution is -2.32. The van der Waals surface area contributed by atoms with E-state index in [0.717, 1.165) is 24.2 Å². The van der Waals surface area contributed by atoms with Crippen LogP contribution in [-0.2, 0) is 11.3 Å². The van der Waals surface area contributed by atoms with Gasteiger partial charge in [0.05, 0.1) is 6.54 Å². The molecule has 25 heavy (non-hydrogen) atoms. The van der Waals surface area contributed by atoms with Crippen molar-refractivity contribution in [2.75, 3.05) is 11.9 Å². The Morgan fingerprint density at radius 3 is 2.68 bits per heavy atom. The number of nitrogens with zero attached hydrogens (tertiary/aromatic N) is 1. The Morgan fingerprint density at radius 2 is 2.00 bits per heavy atom. The Hall–Kier alpha value is -1.31. The summed E-state index contributed by atoms with van der Waals surface area (Å²) in [6.07, 6.45) is 5.34. The number of amides is 1. The molecular weight excluding hydrogens is 427 g/mol. The lowest BCUT2D eigenvalue weighted by atomic mass is 10.1. The number of nitrogens with two attached hydrogens (primary N) is 1. The van der Waals surface area contributed by atoms with E-state index in [-0.39, 0.29) is 29.9 Å². The van der Waals surface area contributed by atoms with Crippen molar-refractivity contribution in [3.05, 3.63) is 29.8 Å². The summed E-state index contributed by atoms with van der Waals surface area (Å²) >= 11 is 0. The topological polar surface area (TPSA) is 79.5 Å². The van der Waals surface area contributed by atoms with Gasteiger partial charge in [-0.05, 0) is 30.0 Å². The van der Waals surface area contributed by atoms with Crippen LogP contribution in [0.5, 0.6) is 0 Å². The van der Waals surface area contributed by atoms with Gasteiger partial charge in [0.25, 0.3) is 0 Å². The van der Waals surface area contributed by atoms with Gasteiger partial charge in [-0.15, -0.1) is 24.0 Å². The van der Waals surface area contributed by atoms with Crippen molar-refractivity contribution in [3.63, 3.8) is 0 Å². The fourth-order valence-corrected chi connectivity index (χ4v) is 2.33. The number of nitrogens with one attached hydrogen (secondary N) is 2. The summed E-state index contributed by atoms with van der Waals surface area (Å²) in [5.74, 6) is 0.862. The Bertz CT molecular complexity index is 532. The standard InChI is InChI=1S/C19H32N4O.HI/c1-4-5-6-7-11-21-19(20)22-14-16-9-8-10-17(13-16)23-18(24)12-15(2)3;/h8-10,13,15H,4-7,11-12,14H2,1-3H3,(H,23,24)(H3,20,21,22);1H. The molecule has 1 rings (SSSR count). The van der Waals surface area contributed by atoms with Crippen molar-refractivity contribution in [2.24, 2.45) is 16.6 Å². The molecule has 0 radical (unpaired) electrons. The van der Waals surface area contributed by atoms with Gasteiger partial charge in [-0.2, -0.15) is 0 Å². The second kappa shape index (κ2) is 13.9. The third kappa shape index (κ3) is 11.8. The molecule has 0 aromatic heterocycles. The monoisotopic (exact) mass is 460 g/mol. The van der Waals surface area contributed by atoms with Crippen molar-refractivity contribution in [2.45, 2.75) is 59.4 Å². The molecule has 0 saturated carbocycles. The number of benzene rings is 1. The summed E-state index contributed by atoms with van der Waals surface area (Å²) < 4.78 is 0. The van der Waals surface area contributed by atoms with Crippen LogP contribution in [0.4, 0.5) is 5.69 Å². The fourth-order valence-electron chi connectivity index (χ4n) is 2.33. The summed E-state index contributed by atoms with van der Waals surface area (Å²) in [7, 11) is 0. The molecule has 1 aromatic carbocycles. The third-order valence-corrected chi connectivity index (χ3v) is 3.57. The van der Waals surface area contributed by atoms with Crippen LogP contribution >= 0.6 is 24.0 Å².